The Morgan fingerprint density at radius 3 is 2.17 bits per heavy atom. The molecule has 0 aliphatic rings. The molecule has 4 nitrogen and oxygen atoms in total. The van der Waals surface area contributed by atoms with Crippen LogP contribution in [0.25, 0.3) is 0 Å². The second-order valence-electron chi connectivity index (χ2n) is 4.76. The highest BCUT2D eigenvalue weighted by atomic mass is 16.4. The van der Waals surface area contributed by atoms with E-state index in [4.69, 9.17) is 5.11 Å². The first-order valence-corrected chi connectivity index (χ1v) is 7.14. The summed E-state index contributed by atoms with van der Waals surface area (Å²) in [6, 6.07) is -0.720. The minimum Gasteiger partial charge on any atom is -0.480 e. The molecule has 0 rings (SSSR count). The van der Waals surface area contributed by atoms with Crippen molar-refractivity contribution in [2.24, 2.45) is 0 Å². The van der Waals surface area contributed by atoms with Crippen LogP contribution in [0.15, 0.2) is 0 Å². The number of nitrogens with one attached hydrogen (secondary N) is 1. The van der Waals surface area contributed by atoms with Crippen molar-refractivity contribution in [2.45, 2.75) is 77.7 Å². The molecule has 0 aliphatic heterocycles. The average molecular weight is 257 g/mol. The van der Waals surface area contributed by atoms with Crippen LogP contribution in [0.4, 0.5) is 0 Å². The lowest BCUT2D eigenvalue weighted by Gasteiger charge is -2.13. The molecule has 0 aromatic heterocycles. The lowest BCUT2D eigenvalue weighted by molar-refractivity contribution is -0.142. The van der Waals surface area contributed by atoms with E-state index in [1.807, 2.05) is 6.92 Å². The van der Waals surface area contributed by atoms with E-state index in [2.05, 4.69) is 12.2 Å². The van der Waals surface area contributed by atoms with Gasteiger partial charge in [-0.15, -0.1) is 0 Å². The summed E-state index contributed by atoms with van der Waals surface area (Å²) in [5.41, 5.74) is 0. The standard InChI is InChI=1S/C14H27NO3/c1-3-5-6-7-8-9-11-13(16)15-12(10-4-2)14(17)18/h12H,3-11H2,1-2H3,(H,15,16)(H,17,18). The molecule has 0 bridgehead atoms. The van der Waals surface area contributed by atoms with Gasteiger partial charge in [-0.25, -0.2) is 4.79 Å². The summed E-state index contributed by atoms with van der Waals surface area (Å²) in [6.07, 6.45) is 8.48. The third-order valence-corrected chi connectivity index (χ3v) is 2.97. The molecule has 0 aliphatic carbocycles. The molecule has 0 spiro atoms. The quantitative estimate of drug-likeness (QED) is 0.559. The van der Waals surface area contributed by atoms with E-state index in [0.717, 1.165) is 19.3 Å². The van der Waals surface area contributed by atoms with E-state index in [-0.39, 0.29) is 5.91 Å². The second-order valence-corrected chi connectivity index (χ2v) is 4.76. The molecule has 0 radical (unpaired) electrons. The van der Waals surface area contributed by atoms with Crippen LogP contribution in [-0.4, -0.2) is 23.0 Å². The Kier molecular flexibility index (Phi) is 10.4. The SMILES string of the molecule is CCCCCCCCC(=O)NC(CCC)C(=O)O. The molecule has 2 N–H and O–H groups in total. The van der Waals surface area contributed by atoms with E-state index < -0.39 is 12.0 Å². The molecule has 18 heavy (non-hydrogen) atoms. The lowest BCUT2D eigenvalue weighted by Crippen LogP contribution is -2.40. The summed E-state index contributed by atoms with van der Waals surface area (Å²) in [4.78, 5) is 22.4. The number of hydrogen-bond acceptors (Lipinski definition) is 2. The first-order valence-electron chi connectivity index (χ1n) is 7.14. The minimum atomic E-state index is -0.937. The first-order chi connectivity index (χ1) is 8.61. The Balaban J connectivity index is 3.65. The van der Waals surface area contributed by atoms with Crippen LogP contribution < -0.4 is 5.32 Å². The van der Waals surface area contributed by atoms with Gasteiger partial charge in [0.15, 0.2) is 0 Å². The second kappa shape index (κ2) is 11.1. The molecule has 1 atom stereocenters. The maximum Gasteiger partial charge on any atom is 0.326 e. The van der Waals surface area contributed by atoms with Crippen LogP contribution in [0.2, 0.25) is 0 Å². The fourth-order valence-corrected chi connectivity index (χ4v) is 1.88. The van der Waals surface area contributed by atoms with Gasteiger partial charge < -0.3 is 10.4 Å². The van der Waals surface area contributed by atoms with Gasteiger partial charge in [0.1, 0.15) is 6.04 Å². The van der Waals surface area contributed by atoms with Gasteiger partial charge in [-0.1, -0.05) is 52.4 Å². The summed E-state index contributed by atoms with van der Waals surface area (Å²) in [6.45, 7) is 4.09. The molecule has 0 saturated heterocycles. The van der Waals surface area contributed by atoms with Crippen LogP contribution >= 0.6 is 0 Å². The molecule has 0 saturated carbocycles. The smallest absolute Gasteiger partial charge is 0.326 e. The highest BCUT2D eigenvalue weighted by Crippen LogP contribution is 2.07. The normalized spacial score (nSPS) is 12.1. The average Bonchev–Trinajstić information content (AvgIpc) is 2.33. The van der Waals surface area contributed by atoms with Crippen LogP contribution in [0.1, 0.15) is 71.6 Å². The highest BCUT2D eigenvalue weighted by Gasteiger charge is 2.17. The van der Waals surface area contributed by atoms with Crippen molar-refractivity contribution in [1.29, 1.82) is 0 Å². The number of unbranched alkanes of at least 4 members (excludes halogenated alkanes) is 5. The lowest BCUT2D eigenvalue weighted by atomic mass is 10.1. The summed E-state index contributed by atoms with van der Waals surface area (Å²) in [7, 11) is 0. The van der Waals surface area contributed by atoms with Crippen molar-refractivity contribution in [3.05, 3.63) is 0 Å². The Morgan fingerprint density at radius 1 is 1.00 bits per heavy atom. The van der Waals surface area contributed by atoms with Crippen molar-refractivity contribution < 1.29 is 14.7 Å². The number of rotatable bonds is 11. The minimum absolute atomic E-state index is 0.133. The molecule has 106 valence electrons. The van der Waals surface area contributed by atoms with Crippen molar-refractivity contribution in [2.75, 3.05) is 0 Å². The predicted molar refractivity (Wildman–Crippen MR) is 72.5 cm³/mol. The number of carbonyl (C=O) groups excluding carboxylic acids is 1. The van der Waals surface area contributed by atoms with Crippen LogP contribution in [0.5, 0.6) is 0 Å². The van der Waals surface area contributed by atoms with Crippen molar-refractivity contribution in [3.63, 3.8) is 0 Å². The zero-order valence-corrected chi connectivity index (χ0v) is 11.7. The number of amides is 1. The predicted octanol–water partition coefficient (Wildman–Crippen LogP) is 3.11. The summed E-state index contributed by atoms with van der Waals surface area (Å²) >= 11 is 0. The maximum absolute atomic E-state index is 11.5. The molecular formula is C14H27NO3. The zero-order valence-electron chi connectivity index (χ0n) is 11.7. The van der Waals surface area contributed by atoms with Gasteiger partial charge in [-0.2, -0.15) is 0 Å². The van der Waals surface area contributed by atoms with E-state index in [9.17, 15) is 9.59 Å². The van der Waals surface area contributed by atoms with Gasteiger partial charge in [0.05, 0.1) is 0 Å². The van der Waals surface area contributed by atoms with E-state index >= 15 is 0 Å². The maximum atomic E-state index is 11.5. The van der Waals surface area contributed by atoms with E-state index in [0.29, 0.717) is 12.8 Å². The van der Waals surface area contributed by atoms with Crippen molar-refractivity contribution in [1.82, 2.24) is 5.32 Å². The van der Waals surface area contributed by atoms with Crippen molar-refractivity contribution in [3.8, 4) is 0 Å². The summed E-state index contributed by atoms with van der Waals surface area (Å²) in [5.74, 6) is -1.07. The fraction of sp³-hybridized carbons (Fsp3) is 0.857. The molecular weight excluding hydrogens is 230 g/mol. The van der Waals surface area contributed by atoms with Crippen LogP contribution in [0.3, 0.4) is 0 Å². The van der Waals surface area contributed by atoms with Crippen LogP contribution in [0, 0.1) is 0 Å². The van der Waals surface area contributed by atoms with Gasteiger partial charge in [-0.3, -0.25) is 4.79 Å². The Bertz CT molecular complexity index is 241. The number of carboxylic acids is 1. The third-order valence-electron chi connectivity index (χ3n) is 2.97. The molecule has 0 fully saturated rings. The Morgan fingerprint density at radius 2 is 1.61 bits per heavy atom. The Labute approximate surface area is 110 Å². The van der Waals surface area contributed by atoms with Gasteiger partial charge in [-0.05, 0) is 12.8 Å². The van der Waals surface area contributed by atoms with Crippen molar-refractivity contribution >= 4 is 11.9 Å². The molecule has 1 amide bonds. The summed E-state index contributed by atoms with van der Waals surface area (Å²) < 4.78 is 0. The highest BCUT2D eigenvalue weighted by molar-refractivity contribution is 5.83. The van der Waals surface area contributed by atoms with Gasteiger partial charge in [0, 0.05) is 6.42 Å². The molecule has 4 heteroatoms. The van der Waals surface area contributed by atoms with E-state index in [1.165, 1.54) is 25.7 Å². The van der Waals surface area contributed by atoms with Crippen LogP contribution in [-0.2, 0) is 9.59 Å². The molecule has 0 aromatic carbocycles. The molecule has 1 unspecified atom stereocenters. The Hall–Kier alpha value is -1.06. The van der Waals surface area contributed by atoms with Gasteiger partial charge >= 0.3 is 5.97 Å². The number of carbonyl (C=O) groups is 2. The fourth-order valence-electron chi connectivity index (χ4n) is 1.88. The number of carboxylic acid groups (broad SMARTS) is 1. The molecule has 0 aromatic rings. The topological polar surface area (TPSA) is 66.4 Å². The van der Waals surface area contributed by atoms with Gasteiger partial charge in [0.25, 0.3) is 0 Å². The first kappa shape index (κ1) is 16.9. The zero-order chi connectivity index (χ0) is 13.8. The number of hydrogen-bond donors (Lipinski definition) is 2. The number of aliphatic carboxylic acids is 1. The third kappa shape index (κ3) is 9.02. The van der Waals surface area contributed by atoms with E-state index in [1.54, 1.807) is 0 Å². The monoisotopic (exact) mass is 257 g/mol. The summed E-state index contributed by atoms with van der Waals surface area (Å²) in [5, 5.41) is 11.5. The largest absolute Gasteiger partial charge is 0.480 e. The molecule has 0 heterocycles. The van der Waals surface area contributed by atoms with Gasteiger partial charge in [0.2, 0.25) is 5.91 Å².